The molecular formula is C22H21BrFNO6. The lowest BCUT2D eigenvalue weighted by molar-refractivity contribution is -0.0515. The second-order valence-corrected chi connectivity index (χ2v) is 8.51. The number of likely N-dealkylation sites (tertiary alicyclic amines) is 1. The van der Waals surface area contributed by atoms with E-state index in [1.165, 1.54) is 4.90 Å². The number of hydrogen-bond acceptors (Lipinski definition) is 6. The number of cyclic esters (lactones) is 1. The first-order valence-electron chi connectivity index (χ1n) is 9.85. The van der Waals surface area contributed by atoms with E-state index in [9.17, 15) is 19.1 Å². The van der Waals surface area contributed by atoms with E-state index in [0.29, 0.717) is 10.0 Å². The molecule has 0 aromatic heterocycles. The van der Waals surface area contributed by atoms with Crippen LogP contribution in [0.4, 0.5) is 9.18 Å². The van der Waals surface area contributed by atoms with Gasteiger partial charge < -0.3 is 24.2 Å². The first kappa shape index (κ1) is 21.6. The first-order valence-corrected chi connectivity index (χ1v) is 10.6. The maximum atomic E-state index is 14.7. The van der Waals surface area contributed by atoms with Crippen LogP contribution >= 0.6 is 15.9 Å². The number of hydrogen-bond donors (Lipinski definition) is 1. The summed E-state index contributed by atoms with van der Waals surface area (Å²) >= 11 is 3.25. The van der Waals surface area contributed by atoms with Crippen molar-refractivity contribution in [2.45, 2.75) is 31.7 Å². The molecule has 2 aliphatic heterocycles. The Morgan fingerprint density at radius 1 is 1.26 bits per heavy atom. The van der Waals surface area contributed by atoms with E-state index in [4.69, 9.17) is 14.2 Å². The van der Waals surface area contributed by atoms with Crippen molar-refractivity contribution in [3.8, 4) is 5.75 Å². The van der Waals surface area contributed by atoms with E-state index in [0.717, 1.165) is 5.56 Å². The van der Waals surface area contributed by atoms with E-state index in [1.54, 1.807) is 6.07 Å². The average Bonchev–Trinajstić information content (AvgIpc) is 3.13. The van der Waals surface area contributed by atoms with Crippen LogP contribution in [0.25, 0.3) is 0 Å². The minimum Gasteiger partial charge on any atom is -0.486 e. The average molecular weight is 494 g/mol. The lowest BCUT2D eigenvalue weighted by Crippen LogP contribution is -2.49. The number of nitrogens with zero attached hydrogens (tertiary/aromatic N) is 1. The van der Waals surface area contributed by atoms with Crippen LogP contribution in [-0.4, -0.2) is 47.4 Å². The zero-order chi connectivity index (χ0) is 22.0. The predicted octanol–water partition coefficient (Wildman–Crippen LogP) is 3.80. The molecule has 1 N–H and O–H groups in total. The number of esters is 1. The SMILES string of the molecule is O=C1OCc2cc(Br)c(OCC3(O)CCN(C(=O)OCc4ccccc4)CC3)c(F)c21. The summed E-state index contributed by atoms with van der Waals surface area (Å²) in [5.41, 5.74) is -0.0331. The summed E-state index contributed by atoms with van der Waals surface area (Å²) in [6.45, 7) is 0.590. The van der Waals surface area contributed by atoms with Gasteiger partial charge in [0.1, 0.15) is 31.0 Å². The molecule has 0 aliphatic carbocycles. The molecule has 164 valence electrons. The van der Waals surface area contributed by atoms with E-state index >= 15 is 0 Å². The third-order valence-corrected chi connectivity index (χ3v) is 6.05. The molecule has 1 amide bonds. The quantitative estimate of drug-likeness (QED) is 0.637. The molecule has 2 heterocycles. The lowest BCUT2D eigenvalue weighted by atomic mass is 9.92. The van der Waals surface area contributed by atoms with Crippen molar-refractivity contribution in [3.05, 3.63) is 63.4 Å². The van der Waals surface area contributed by atoms with Gasteiger partial charge in [0.15, 0.2) is 11.6 Å². The molecule has 1 fully saturated rings. The molecule has 4 rings (SSSR count). The van der Waals surface area contributed by atoms with Gasteiger partial charge in [-0.05, 0) is 40.4 Å². The van der Waals surface area contributed by atoms with Crippen LogP contribution in [-0.2, 0) is 22.7 Å². The van der Waals surface area contributed by atoms with Gasteiger partial charge in [-0.1, -0.05) is 30.3 Å². The minimum absolute atomic E-state index is 0.0180. The topological polar surface area (TPSA) is 85.3 Å². The normalized spacial score (nSPS) is 17.1. The number of aliphatic hydroxyl groups is 1. The van der Waals surface area contributed by atoms with E-state index in [-0.39, 0.29) is 57.1 Å². The summed E-state index contributed by atoms with van der Waals surface area (Å²) in [5.74, 6) is -1.68. The largest absolute Gasteiger partial charge is 0.486 e. The van der Waals surface area contributed by atoms with Crippen LogP contribution in [0.5, 0.6) is 5.75 Å². The van der Waals surface area contributed by atoms with Crippen molar-refractivity contribution in [2.24, 2.45) is 0 Å². The third-order valence-electron chi connectivity index (χ3n) is 5.46. The van der Waals surface area contributed by atoms with Crippen molar-refractivity contribution >= 4 is 28.0 Å². The Morgan fingerprint density at radius 3 is 2.68 bits per heavy atom. The van der Waals surface area contributed by atoms with Crippen molar-refractivity contribution in [1.29, 1.82) is 0 Å². The molecule has 7 nitrogen and oxygen atoms in total. The summed E-state index contributed by atoms with van der Waals surface area (Å²) in [6, 6.07) is 10.9. The molecule has 0 radical (unpaired) electrons. The fourth-order valence-electron chi connectivity index (χ4n) is 3.60. The van der Waals surface area contributed by atoms with E-state index in [2.05, 4.69) is 15.9 Å². The smallest absolute Gasteiger partial charge is 0.410 e. The molecule has 0 saturated carbocycles. The van der Waals surface area contributed by atoms with Gasteiger partial charge in [0.25, 0.3) is 0 Å². The molecule has 2 aromatic rings. The van der Waals surface area contributed by atoms with Crippen molar-refractivity contribution in [2.75, 3.05) is 19.7 Å². The third kappa shape index (κ3) is 4.67. The molecule has 31 heavy (non-hydrogen) atoms. The standard InChI is InChI=1S/C22H21BrFNO6/c23-16-10-15-12-29-20(26)17(15)18(24)19(16)31-13-22(28)6-8-25(9-7-22)21(27)30-11-14-4-2-1-3-5-14/h1-5,10,28H,6-9,11-13H2. The van der Waals surface area contributed by atoms with Gasteiger partial charge in [-0.2, -0.15) is 0 Å². The van der Waals surface area contributed by atoms with Crippen molar-refractivity contribution in [1.82, 2.24) is 4.90 Å². The number of piperidine rings is 1. The Morgan fingerprint density at radius 2 is 1.97 bits per heavy atom. The summed E-state index contributed by atoms with van der Waals surface area (Å²) in [4.78, 5) is 25.5. The van der Waals surface area contributed by atoms with Crippen LogP contribution < -0.4 is 4.74 Å². The zero-order valence-electron chi connectivity index (χ0n) is 16.6. The van der Waals surface area contributed by atoms with Crippen LogP contribution in [0.3, 0.4) is 0 Å². The van der Waals surface area contributed by atoms with Gasteiger partial charge in [-0.15, -0.1) is 0 Å². The summed E-state index contributed by atoms with van der Waals surface area (Å²) in [7, 11) is 0. The highest BCUT2D eigenvalue weighted by Crippen LogP contribution is 2.37. The molecule has 2 aliphatic rings. The number of amides is 1. The molecule has 9 heteroatoms. The summed E-state index contributed by atoms with van der Waals surface area (Å²) in [5, 5.41) is 10.8. The Kier molecular flexibility index (Phi) is 6.15. The van der Waals surface area contributed by atoms with Gasteiger partial charge in [-0.3, -0.25) is 0 Å². The molecule has 0 unspecified atom stereocenters. The number of ether oxygens (including phenoxy) is 3. The van der Waals surface area contributed by atoms with Crippen LogP contribution in [0.2, 0.25) is 0 Å². The van der Waals surface area contributed by atoms with Crippen LogP contribution in [0.1, 0.15) is 34.3 Å². The highest BCUT2D eigenvalue weighted by molar-refractivity contribution is 9.10. The molecule has 0 spiro atoms. The number of fused-ring (bicyclic) bond motifs is 1. The summed E-state index contributed by atoms with van der Waals surface area (Å²) < 4.78 is 30.8. The van der Waals surface area contributed by atoms with E-state index < -0.39 is 23.5 Å². The van der Waals surface area contributed by atoms with Gasteiger partial charge >= 0.3 is 12.1 Å². The first-order chi connectivity index (χ1) is 14.9. The van der Waals surface area contributed by atoms with Gasteiger partial charge in [-0.25, -0.2) is 14.0 Å². The maximum Gasteiger partial charge on any atom is 0.410 e. The monoisotopic (exact) mass is 493 g/mol. The molecule has 0 bridgehead atoms. The molecular weight excluding hydrogens is 473 g/mol. The number of carbonyl (C=O) groups excluding carboxylic acids is 2. The second-order valence-electron chi connectivity index (χ2n) is 7.65. The Balaban J connectivity index is 1.32. The Labute approximate surface area is 186 Å². The van der Waals surface area contributed by atoms with Crippen LogP contribution in [0, 0.1) is 5.82 Å². The molecule has 1 saturated heterocycles. The predicted molar refractivity (Wildman–Crippen MR) is 111 cm³/mol. The zero-order valence-corrected chi connectivity index (χ0v) is 18.2. The van der Waals surface area contributed by atoms with Crippen molar-refractivity contribution < 1.29 is 33.3 Å². The van der Waals surface area contributed by atoms with Crippen molar-refractivity contribution in [3.63, 3.8) is 0 Å². The number of halogens is 2. The Hall–Kier alpha value is -2.65. The van der Waals surface area contributed by atoms with Gasteiger partial charge in [0.2, 0.25) is 0 Å². The number of benzene rings is 2. The van der Waals surface area contributed by atoms with Gasteiger partial charge in [0.05, 0.1) is 4.47 Å². The minimum atomic E-state index is -1.23. The fourth-order valence-corrected chi connectivity index (χ4v) is 4.16. The highest BCUT2D eigenvalue weighted by Gasteiger charge is 2.36. The fraction of sp³-hybridized carbons (Fsp3) is 0.364. The second kappa shape index (κ2) is 8.84. The highest BCUT2D eigenvalue weighted by atomic mass is 79.9. The number of carbonyl (C=O) groups is 2. The van der Waals surface area contributed by atoms with Crippen LogP contribution in [0.15, 0.2) is 40.9 Å². The molecule has 0 atom stereocenters. The summed E-state index contributed by atoms with van der Waals surface area (Å²) in [6.07, 6.45) is 0.0528. The molecule has 2 aromatic carbocycles. The number of rotatable bonds is 5. The maximum absolute atomic E-state index is 14.7. The van der Waals surface area contributed by atoms with E-state index in [1.807, 2.05) is 30.3 Å². The van der Waals surface area contributed by atoms with Gasteiger partial charge in [0, 0.05) is 18.7 Å². The lowest BCUT2D eigenvalue weighted by Gasteiger charge is -2.37. The Bertz CT molecular complexity index is 991.